The first-order chi connectivity index (χ1) is 11.5. The van der Waals surface area contributed by atoms with Gasteiger partial charge in [0.25, 0.3) is 0 Å². The van der Waals surface area contributed by atoms with Crippen molar-refractivity contribution in [3.05, 3.63) is 18.2 Å². The Labute approximate surface area is 143 Å². The number of rotatable bonds is 6. The zero-order valence-corrected chi connectivity index (χ0v) is 14.9. The Kier molecular flexibility index (Phi) is 7.14. The molecule has 136 valence electrons. The number of hydrogen-bond donors (Lipinski definition) is 2. The molecule has 1 saturated carbocycles. The first-order valence-corrected chi connectivity index (χ1v) is 9.57. The largest absolute Gasteiger partial charge is 0.354 e. The van der Waals surface area contributed by atoms with Crippen molar-refractivity contribution < 1.29 is 13.0 Å². The van der Waals surface area contributed by atoms with Crippen LogP contribution in [0.3, 0.4) is 0 Å². The molecule has 1 aliphatic carbocycles. The van der Waals surface area contributed by atoms with E-state index in [-0.39, 0.29) is 23.7 Å². The third kappa shape index (κ3) is 4.99. The maximum Gasteiger partial charge on any atom is 0.319 e. The molecule has 0 spiro atoms. The maximum absolute atomic E-state index is 12.8. The normalized spacial score (nSPS) is 23.3. The van der Waals surface area contributed by atoms with E-state index in [1.165, 1.54) is 12.4 Å². The van der Waals surface area contributed by atoms with Crippen LogP contribution in [0.1, 0.15) is 45.0 Å². The van der Waals surface area contributed by atoms with E-state index in [0.29, 0.717) is 11.7 Å². The lowest BCUT2D eigenvalue weighted by Gasteiger charge is -2.30. The zero-order valence-electron chi connectivity index (χ0n) is 14.0. The predicted octanol–water partition coefficient (Wildman–Crippen LogP) is 2.02. The molecule has 1 heterocycles. The van der Waals surface area contributed by atoms with Gasteiger partial charge in [0.1, 0.15) is 5.82 Å². The van der Waals surface area contributed by atoms with Gasteiger partial charge < -0.3 is 10.6 Å². The summed E-state index contributed by atoms with van der Waals surface area (Å²) in [6.07, 6.45) is 6.46. The van der Waals surface area contributed by atoms with E-state index in [2.05, 4.69) is 20.6 Å². The molecule has 0 bridgehead atoms. The highest BCUT2D eigenvalue weighted by Crippen LogP contribution is 2.23. The van der Waals surface area contributed by atoms with Crippen LogP contribution >= 0.6 is 0 Å². The minimum atomic E-state index is -2.61. The van der Waals surface area contributed by atoms with Gasteiger partial charge in [0.2, 0.25) is 0 Å². The number of nitrogens with zero attached hydrogens (tertiary/aromatic N) is 3. The van der Waals surface area contributed by atoms with E-state index in [1.54, 1.807) is 7.05 Å². The van der Waals surface area contributed by atoms with Gasteiger partial charge in [-0.25, -0.2) is 4.98 Å². The lowest BCUT2D eigenvalue weighted by molar-refractivity contribution is 0.0668. The highest BCUT2D eigenvalue weighted by Gasteiger charge is 2.26. The summed E-state index contributed by atoms with van der Waals surface area (Å²) in [5.41, 5.74) is 0. The number of aliphatic imine (C=N–C) groups is 1. The molecular formula is C15H25F2N5OS. The van der Waals surface area contributed by atoms with Crippen molar-refractivity contribution in [1.82, 2.24) is 20.2 Å². The van der Waals surface area contributed by atoms with Gasteiger partial charge in [-0.1, -0.05) is 13.3 Å². The molecule has 0 aromatic carbocycles. The molecule has 1 aliphatic rings. The van der Waals surface area contributed by atoms with Crippen LogP contribution in [0.2, 0.25) is 0 Å². The molecule has 6 nitrogen and oxygen atoms in total. The van der Waals surface area contributed by atoms with E-state index in [0.717, 1.165) is 30.3 Å². The number of halogens is 2. The molecule has 1 fully saturated rings. The van der Waals surface area contributed by atoms with Gasteiger partial charge in [0, 0.05) is 47.3 Å². The molecule has 0 radical (unpaired) electrons. The first kappa shape index (κ1) is 18.8. The Hall–Kier alpha value is -1.51. The Balaban J connectivity index is 1.88. The number of nitrogens with one attached hydrogen (secondary N) is 2. The summed E-state index contributed by atoms with van der Waals surface area (Å²) in [5.74, 6) is 1.48. The molecule has 0 amide bonds. The smallest absolute Gasteiger partial charge is 0.319 e. The molecule has 1 aromatic rings. The van der Waals surface area contributed by atoms with Crippen LogP contribution in [-0.4, -0.2) is 43.8 Å². The molecule has 0 aliphatic heterocycles. The van der Waals surface area contributed by atoms with Gasteiger partial charge in [0.05, 0.1) is 6.54 Å². The Bertz CT molecular complexity index is 578. The topological polar surface area (TPSA) is 71.3 Å². The monoisotopic (exact) mass is 361 g/mol. The highest BCUT2D eigenvalue weighted by atomic mass is 32.2. The molecule has 3 unspecified atom stereocenters. The standard InChI is InChI=1S/C15H25F2N5OS/c1-3-24(23)12-6-4-5-11(9-12)21-15(18-2)20-10-13-19-7-8-22(13)14(16)17/h7-8,11-12,14H,3-6,9-10H2,1-2H3,(H2,18,20,21). The highest BCUT2D eigenvalue weighted by molar-refractivity contribution is 7.85. The number of alkyl halides is 2. The van der Waals surface area contributed by atoms with Crippen molar-refractivity contribution in [3.63, 3.8) is 0 Å². The summed E-state index contributed by atoms with van der Waals surface area (Å²) in [6.45, 7) is -0.505. The summed E-state index contributed by atoms with van der Waals surface area (Å²) < 4.78 is 38.5. The second-order valence-electron chi connectivity index (χ2n) is 5.75. The molecule has 0 saturated heterocycles. The van der Waals surface area contributed by atoms with E-state index in [9.17, 15) is 13.0 Å². The average Bonchev–Trinajstić information content (AvgIpc) is 3.07. The van der Waals surface area contributed by atoms with Gasteiger partial charge in [-0.3, -0.25) is 13.8 Å². The van der Waals surface area contributed by atoms with Crippen LogP contribution in [0.5, 0.6) is 0 Å². The van der Waals surface area contributed by atoms with Gasteiger partial charge in [-0.2, -0.15) is 8.78 Å². The van der Waals surface area contributed by atoms with Crippen LogP contribution in [-0.2, 0) is 17.3 Å². The summed E-state index contributed by atoms with van der Waals surface area (Å²) in [7, 11) is 0.854. The molecule has 3 atom stereocenters. The zero-order chi connectivity index (χ0) is 17.5. The number of guanidine groups is 1. The fraction of sp³-hybridized carbons (Fsp3) is 0.733. The van der Waals surface area contributed by atoms with Crippen molar-refractivity contribution in [2.75, 3.05) is 12.8 Å². The lowest BCUT2D eigenvalue weighted by atomic mass is 9.95. The van der Waals surface area contributed by atoms with E-state index >= 15 is 0 Å². The lowest BCUT2D eigenvalue weighted by Crippen LogP contribution is -2.46. The van der Waals surface area contributed by atoms with Crippen molar-refractivity contribution in [2.45, 2.75) is 57.0 Å². The van der Waals surface area contributed by atoms with E-state index < -0.39 is 17.3 Å². The van der Waals surface area contributed by atoms with Gasteiger partial charge >= 0.3 is 6.55 Å². The summed E-state index contributed by atoms with van der Waals surface area (Å²) >= 11 is 0. The maximum atomic E-state index is 12.8. The number of imidazole rings is 1. The predicted molar refractivity (Wildman–Crippen MR) is 91.5 cm³/mol. The second-order valence-corrected chi connectivity index (χ2v) is 7.76. The summed E-state index contributed by atoms with van der Waals surface area (Å²) in [5, 5.41) is 6.54. The average molecular weight is 361 g/mol. The summed E-state index contributed by atoms with van der Waals surface area (Å²) in [4.78, 5) is 8.07. The van der Waals surface area contributed by atoms with Crippen LogP contribution in [0, 0.1) is 0 Å². The minimum absolute atomic E-state index is 0.161. The van der Waals surface area contributed by atoms with E-state index in [4.69, 9.17) is 0 Å². The van der Waals surface area contributed by atoms with Crippen molar-refractivity contribution in [1.29, 1.82) is 0 Å². The molecule has 24 heavy (non-hydrogen) atoms. The number of aromatic nitrogens is 2. The van der Waals surface area contributed by atoms with Crippen LogP contribution in [0.4, 0.5) is 8.78 Å². The van der Waals surface area contributed by atoms with Crippen molar-refractivity contribution in [2.24, 2.45) is 4.99 Å². The molecule has 2 rings (SSSR count). The molecule has 9 heteroatoms. The van der Waals surface area contributed by atoms with Gasteiger partial charge in [-0.15, -0.1) is 0 Å². The Morgan fingerprint density at radius 1 is 1.54 bits per heavy atom. The van der Waals surface area contributed by atoms with Crippen LogP contribution < -0.4 is 10.6 Å². The van der Waals surface area contributed by atoms with Gasteiger partial charge in [0.15, 0.2) is 5.96 Å². The number of hydrogen-bond acceptors (Lipinski definition) is 3. The third-order valence-electron chi connectivity index (χ3n) is 4.22. The van der Waals surface area contributed by atoms with Gasteiger partial charge in [-0.05, 0) is 19.3 Å². The summed E-state index contributed by atoms with van der Waals surface area (Å²) in [6, 6.07) is 0.195. The fourth-order valence-electron chi connectivity index (χ4n) is 2.96. The van der Waals surface area contributed by atoms with Crippen LogP contribution in [0.25, 0.3) is 0 Å². The quantitative estimate of drug-likeness (QED) is 0.601. The van der Waals surface area contributed by atoms with Crippen molar-refractivity contribution in [3.8, 4) is 0 Å². The fourth-order valence-corrected chi connectivity index (χ4v) is 4.31. The second kappa shape index (κ2) is 9.10. The SMILES string of the molecule is CCS(=O)C1CCCC(NC(=NC)NCc2nccn2C(F)F)C1. The van der Waals surface area contributed by atoms with E-state index in [1.807, 2.05) is 6.92 Å². The molecule has 2 N–H and O–H groups in total. The minimum Gasteiger partial charge on any atom is -0.354 e. The molecule has 1 aromatic heterocycles. The van der Waals surface area contributed by atoms with Crippen LogP contribution in [0.15, 0.2) is 17.4 Å². The molecular weight excluding hydrogens is 336 g/mol. The Morgan fingerprint density at radius 2 is 2.33 bits per heavy atom. The Morgan fingerprint density at radius 3 is 3.00 bits per heavy atom. The third-order valence-corrected chi connectivity index (χ3v) is 5.96. The first-order valence-electron chi connectivity index (χ1n) is 8.19. The van der Waals surface area contributed by atoms with Crippen molar-refractivity contribution >= 4 is 16.8 Å².